The number of aromatic nitrogens is 1. The number of ether oxygens (including phenoxy) is 3. The van der Waals surface area contributed by atoms with Gasteiger partial charge in [0.25, 0.3) is 5.56 Å². The number of thiazole rings is 1. The molecule has 9 heteroatoms. The van der Waals surface area contributed by atoms with Gasteiger partial charge in [-0.1, -0.05) is 71.5 Å². The van der Waals surface area contributed by atoms with E-state index in [1.54, 1.807) is 25.5 Å². The molecule has 1 atom stereocenters. The summed E-state index contributed by atoms with van der Waals surface area (Å²) in [5, 5.41) is 0. The topological polar surface area (TPSA) is 79.1 Å². The Labute approximate surface area is 255 Å². The van der Waals surface area contributed by atoms with Gasteiger partial charge in [-0.05, 0) is 72.7 Å². The maximum absolute atomic E-state index is 14.1. The summed E-state index contributed by atoms with van der Waals surface area (Å²) in [5.41, 5.74) is 4.25. The molecule has 1 aromatic heterocycles. The predicted molar refractivity (Wildman–Crippen MR) is 168 cm³/mol. The number of carbonyl (C=O) groups excluding carboxylic acids is 1. The van der Waals surface area contributed by atoms with Crippen molar-refractivity contribution in [1.29, 1.82) is 0 Å². The van der Waals surface area contributed by atoms with E-state index in [4.69, 9.17) is 14.2 Å². The van der Waals surface area contributed by atoms with Gasteiger partial charge >= 0.3 is 5.97 Å². The van der Waals surface area contributed by atoms with Gasteiger partial charge in [0.1, 0.15) is 6.61 Å². The van der Waals surface area contributed by atoms with Gasteiger partial charge in [0.15, 0.2) is 16.3 Å². The number of hydrogen-bond acceptors (Lipinski definition) is 7. The standard InChI is InChI=1S/C32H29IN2O5S/c1-5-39-31(37)27-20(3)34-32-35(28(27)22-13-11-19(2)12-14-22)30(36)26(41-32)16-23-15-24(33)17-25(38-4)29(23)40-18-21-9-7-6-8-10-21/h6-17,28H,5,18H2,1-4H3/b26-16-/t28-/m1/s1. The highest BCUT2D eigenvalue weighted by molar-refractivity contribution is 14.1. The molecule has 0 radical (unpaired) electrons. The smallest absolute Gasteiger partial charge is 0.338 e. The summed E-state index contributed by atoms with van der Waals surface area (Å²) in [7, 11) is 1.60. The summed E-state index contributed by atoms with van der Waals surface area (Å²) in [5.74, 6) is 0.637. The molecule has 1 aliphatic heterocycles. The van der Waals surface area contributed by atoms with Gasteiger partial charge in [-0.3, -0.25) is 9.36 Å². The third-order valence-corrected chi connectivity index (χ3v) is 8.30. The van der Waals surface area contributed by atoms with Crippen LogP contribution in [0, 0.1) is 10.5 Å². The van der Waals surface area contributed by atoms with Gasteiger partial charge in [0.05, 0.1) is 35.6 Å². The molecule has 0 aliphatic carbocycles. The van der Waals surface area contributed by atoms with Crippen LogP contribution in [0.1, 0.15) is 42.1 Å². The van der Waals surface area contributed by atoms with Crippen LogP contribution in [-0.2, 0) is 16.1 Å². The third-order valence-electron chi connectivity index (χ3n) is 6.69. The van der Waals surface area contributed by atoms with E-state index in [0.717, 1.165) is 20.3 Å². The Hall–Kier alpha value is -3.70. The number of carbonyl (C=O) groups is 1. The Balaban J connectivity index is 1.67. The summed E-state index contributed by atoms with van der Waals surface area (Å²) in [6.07, 6.45) is 1.81. The number of aryl methyl sites for hydroxylation is 1. The summed E-state index contributed by atoms with van der Waals surface area (Å²) in [6, 6.07) is 20.9. The molecule has 41 heavy (non-hydrogen) atoms. The molecule has 4 aromatic rings. The van der Waals surface area contributed by atoms with Crippen molar-refractivity contribution in [2.45, 2.75) is 33.4 Å². The second-order valence-corrected chi connectivity index (χ2v) is 11.8. The first-order valence-electron chi connectivity index (χ1n) is 13.1. The van der Waals surface area contributed by atoms with Crippen molar-refractivity contribution in [1.82, 2.24) is 4.57 Å². The minimum Gasteiger partial charge on any atom is -0.493 e. The molecule has 2 heterocycles. The van der Waals surface area contributed by atoms with Gasteiger partial charge in [0.2, 0.25) is 0 Å². The first-order valence-corrected chi connectivity index (χ1v) is 15.0. The summed E-state index contributed by atoms with van der Waals surface area (Å²) >= 11 is 3.50. The van der Waals surface area contributed by atoms with Crippen LogP contribution in [0.4, 0.5) is 0 Å². The number of hydrogen-bond donors (Lipinski definition) is 0. The first kappa shape index (κ1) is 28.8. The fourth-order valence-corrected chi connectivity index (χ4v) is 6.38. The first-order chi connectivity index (χ1) is 19.8. The van der Waals surface area contributed by atoms with E-state index in [1.165, 1.54) is 11.3 Å². The number of halogens is 1. The number of benzene rings is 3. The number of rotatable bonds is 8. The van der Waals surface area contributed by atoms with Crippen molar-refractivity contribution in [3.05, 3.63) is 124 Å². The SMILES string of the molecule is CCOC(=O)C1=C(C)N=c2s/c(=C\c3cc(I)cc(OC)c3OCc3ccccc3)c(=O)n2[C@@H]1c1ccc(C)cc1. The van der Waals surface area contributed by atoms with Crippen LogP contribution in [0.15, 0.2) is 87.8 Å². The fraction of sp³-hybridized carbons (Fsp3) is 0.219. The second-order valence-electron chi connectivity index (χ2n) is 9.51. The maximum Gasteiger partial charge on any atom is 0.338 e. The van der Waals surface area contributed by atoms with Crippen molar-refractivity contribution in [2.75, 3.05) is 13.7 Å². The number of nitrogens with zero attached hydrogens (tertiary/aromatic N) is 2. The summed E-state index contributed by atoms with van der Waals surface area (Å²) in [6.45, 7) is 6.10. The lowest BCUT2D eigenvalue weighted by Gasteiger charge is -2.24. The van der Waals surface area contributed by atoms with Gasteiger partial charge in [-0.2, -0.15) is 0 Å². The molecule has 0 spiro atoms. The predicted octanol–water partition coefficient (Wildman–Crippen LogP) is 5.30. The van der Waals surface area contributed by atoms with Crippen molar-refractivity contribution < 1.29 is 19.0 Å². The van der Waals surface area contributed by atoms with Crippen LogP contribution in [0.3, 0.4) is 0 Å². The van der Waals surface area contributed by atoms with Crippen LogP contribution in [0.25, 0.3) is 6.08 Å². The maximum atomic E-state index is 14.1. The molecule has 7 nitrogen and oxygen atoms in total. The lowest BCUT2D eigenvalue weighted by molar-refractivity contribution is -0.139. The van der Waals surface area contributed by atoms with E-state index < -0.39 is 12.0 Å². The zero-order chi connectivity index (χ0) is 29.1. The molecule has 210 valence electrons. The van der Waals surface area contributed by atoms with Crippen LogP contribution < -0.4 is 24.4 Å². The number of allylic oxidation sites excluding steroid dienone is 1. The van der Waals surface area contributed by atoms with Gasteiger partial charge in [0, 0.05) is 9.13 Å². The quantitative estimate of drug-likeness (QED) is 0.187. The lowest BCUT2D eigenvalue weighted by atomic mass is 9.95. The molecule has 0 saturated heterocycles. The van der Waals surface area contributed by atoms with Gasteiger partial charge in [-0.15, -0.1) is 0 Å². The van der Waals surface area contributed by atoms with Crippen molar-refractivity contribution >= 4 is 46.0 Å². The lowest BCUT2D eigenvalue weighted by Crippen LogP contribution is -2.39. The van der Waals surface area contributed by atoms with Crippen LogP contribution in [-0.4, -0.2) is 24.3 Å². The molecule has 0 unspecified atom stereocenters. The minimum absolute atomic E-state index is 0.223. The highest BCUT2D eigenvalue weighted by Crippen LogP contribution is 2.35. The number of methoxy groups -OCH3 is 1. The Morgan fingerprint density at radius 1 is 1.10 bits per heavy atom. The Kier molecular flexibility index (Phi) is 8.74. The van der Waals surface area contributed by atoms with E-state index in [9.17, 15) is 9.59 Å². The average molecular weight is 681 g/mol. The minimum atomic E-state index is -0.660. The highest BCUT2D eigenvalue weighted by atomic mass is 127. The molecule has 0 bridgehead atoms. The largest absolute Gasteiger partial charge is 0.493 e. The Morgan fingerprint density at radius 3 is 2.51 bits per heavy atom. The van der Waals surface area contributed by atoms with Crippen molar-refractivity contribution in [2.24, 2.45) is 4.99 Å². The molecule has 0 amide bonds. The second kappa shape index (κ2) is 12.4. The Bertz CT molecular complexity index is 1810. The summed E-state index contributed by atoms with van der Waals surface area (Å²) in [4.78, 5) is 32.4. The molecule has 5 rings (SSSR count). The van der Waals surface area contributed by atoms with Gasteiger partial charge in [-0.25, -0.2) is 9.79 Å². The van der Waals surface area contributed by atoms with E-state index in [0.29, 0.717) is 44.3 Å². The molecule has 1 aliphatic rings. The molecule has 3 aromatic carbocycles. The van der Waals surface area contributed by atoms with Gasteiger partial charge < -0.3 is 14.2 Å². The van der Waals surface area contributed by atoms with E-state index in [-0.39, 0.29) is 12.2 Å². The highest BCUT2D eigenvalue weighted by Gasteiger charge is 2.33. The van der Waals surface area contributed by atoms with Crippen LogP contribution in [0.5, 0.6) is 11.5 Å². The normalized spacial score (nSPS) is 14.9. The number of esters is 1. The number of fused-ring (bicyclic) bond motifs is 1. The van der Waals surface area contributed by atoms with Crippen LogP contribution in [0.2, 0.25) is 0 Å². The summed E-state index contributed by atoms with van der Waals surface area (Å²) < 4.78 is 20.3. The van der Waals surface area contributed by atoms with E-state index >= 15 is 0 Å². The molecular formula is C32H29IN2O5S. The third kappa shape index (κ3) is 6.01. The monoisotopic (exact) mass is 680 g/mol. The zero-order valence-electron chi connectivity index (χ0n) is 23.1. The fourth-order valence-electron chi connectivity index (χ4n) is 4.73. The van der Waals surface area contributed by atoms with Crippen molar-refractivity contribution in [3.63, 3.8) is 0 Å². The van der Waals surface area contributed by atoms with E-state index in [2.05, 4.69) is 27.6 Å². The molecule has 0 fully saturated rings. The van der Waals surface area contributed by atoms with E-state index in [1.807, 2.05) is 79.7 Å². The Morgan fingerprint density at radius 2 is 1.83 bits per heavy atom. The molecular weight excluding hydrogens is 651 g/mol. The average Bonchev–Trinajstić information content (AvgIpc) is 3.26. The molecule has 0 saturated carbocycles. The zero-order valence-corrected chi connectivity index (χ0v) is 26.1. The van der Waals surface area contributed by atoms with Crippen LogP contribution >= 0.6 is 33.9 Å². The molecule has 0 N–H and O–H groups in total. The van der Waals surface area contributed by atoms with Crippen molar-refractivity contribution in [3.8, 4) is 11.5 Å².